The molecular weight excluding hydrogens is 281 g/mol. The largest absolute Gasteiger partial charge is 0.465 e. The summed E-state index contributed by atoms with van der Waals surface area (Å²) in [5.41, 5.74) is 3.72. The van der Waals surface area contributed by atoms with Crippen molar-refractivity contribution in [3.8, 4) is 11.1 Å². The third-order valence-corrected chi connectivity index (χ3v) is 4.31. The number of benzene rings is 2. The predicted molar refractivity (Wildman–Crippen MR) is 83.2 cm³/mol. The Morgan fingerprint density at radius 1 is 1.23 bits per heavy atom. The van der Waals surface area contributed by atoms with Crippen LogP contribution in [0.3, 0.4) is 0 Å². The highest BCUT2D eigenvalue weighted by Gasteiger charge is 2.39. The summed E-state index contributed by atoms with van der Waals surface area (Å²) in [6.07, 6.45) is -0.226. The third kappa shape index (κ3) is 2.56. The summed E-state index contributed by atoms with van der Waals surface area (Å²) in [4.78, 5) is 11.0. The Balaban J connectivity index is 2.01. The van der Waals surface area contributed by atoms with Crippen LogP contribution in [-0.4, -0.2) is 11.2 Å². The molecule has 1 amide bonds. The van der Waals surface area contributed by atoms with Gasteiger partial charge >= 0.3 is 6.09 Å². The minimum atomic E-state index is -1.01. The summed E-state index contributed by atoms with van der Waals surface area (Å²) < 4.78 is 13.4. The van der Waals surface area contributed by atoms with E-state index in [0.29, 0.717) is 0 Å². The van der Waals surface area contributed by atoms with E-state index in [2.05, 4.69) is 19.2 Å². The number of nitrogens with one attached hydrogen (secondary N) is 1. The SMILES string of the molecule is CC1(C)Cc2cc(-c3cccc(F)c3)ccc2C1NC(=O)O. The Bertz CT molecular complexity index is 740. The van der Waals surface area contributed by atoms with Crippen LogP contribution in [0.25, 0.3) is 11.1 Å². The van der Waals surface area contributed by atoms with E-state index in [0.717, 1.165) is 28.7 Å². The van der Waals surface area contributed by atoms with Crippen molar-refractivity contribution in [3.05, 3.63) is 59.4 Å². The number of fused-ring (bicyclic) bond motifs is 1. The third-order valence-electron chi connectivity index (χ3n) is 4.31. The van der Waals surface area contributed by atoms with E-state index in [1.165, 1.54) is 12.1 Å². The van der Waals surface area contributed by atoms with Crippen LogP contribution in [0, 0.1) is 11.2 Å². The molecule has 3 rings (SSSR count). The molecule has 3 nitrogen and oxygen atoms in total. The van der Waals surface area contributed by atoms with Crippen LogP contribution in [0.2, 0.25) is 0 Å². The number of rotatable bonds is 2. The van der Waals surface area contributed by atoms with Crippen molar-refractivity contribution in [1.82, 2.24) is 5.32 Å². The van der Waals surface area contributed by atoms with Gasteiger partial charge in [-0.2, -0.15) is 0 Å². The fourth-order valence-corrected chi connectivity index (χ4v) is 3.30. The van der Waals surface area contributed by atoms with Gasteiger partial charge in [0, 0.05) is 0 Å². The zero-order valence-corrected chi connectivity index (χ0v) is 12.6. The molecular formula is C18H18FNO2. The lowest BCUT2D eigenvalue weighted by molar-refractivity contribution is 0.175. The van der Waals surface area contributed by atoms with Crippen LogP contribution in [0.1, 0.15) is 31.0 Å². The average Bonchev–Trinajstić information content (AvgIpc) is 2.68. The highest BCUT2D eigenvalue weighted by atomic mass is 19.1. The first-order valence-corrected chi connectivity index (χ1v) is 7.25. The topological polar surface area (TPSA) is 49.3 Å². The lowest BCUT2D eigenvalue weighted by Gasteiger charge is -2.27. The molecule has 0 fully saturated rings. The van der Waals surface area contributed by atoms with E-state index in [1.54, 1.807) is 6.07 Å². The second-order valence-corrected chi connectivity index (χ2v) is 6.47. The van der Waals surface area contributed by atoms with Crippen LogP contribution in [-0.2, 0) is 6.42 Å². The van der Waals surface area contributed by atoms with Crippen molar-refractivity contribution in [3.63, 3.8) is 0 Å². The number of hydrogen-bond donors (Lipinski definition) is 2. The van der Waals surface area contributed by atoms with Crippen LogP contribution < -0.4 is 5.32 Å². The average molecular weight is 299 g/mol. The van der Waals surface area contributed by atoms with Crippen molar-refractivity contribution in [2.45, 2.75) is 26.3 Å². The van der Waals surface area contributed by atoms with Crippen molar-refractivity contribution in [1.29, 1.82) is 0 Å². The van der Waals surface area contributed by atoms with E-state index < -0.39 is 6.09 Å². The van der Waals surface area contributed by atoms with Crippen LogP contribution in [0.4, 0.5) is 9.18 Å². The van der Waals surface area contributed by atoms with Gasteiger partial charge in [-0.25, -0.2) is 9.18 Å². The van der Waals surface area contributed by atoms with Gasteiger partial charge in [-0.1, -0.05) is 44.2 Å². The maximum Gasteiger partial charge on any atom is 0.405 e. The number of halogens is 1. The van der Waals surface area contributed by atoms with E-state index in [-0.39, 0.29) is 17.3 Å². The van der Waals surface area contributed by atoms with Crippen molar-refractivity contribution in [2.75, 3.05) is 0 Å². The Morgan fingerprint density at radius 3 is 2.64 bits per heavy atom. The van der Waals surface area contributed by atoms with Gasteiger partial charge in [0.15, 0.2) is 0 Å². The summed E-state index contributed by atoms with van der Waals surface area (Å²) in [6, 6.07) is 12.2. The predicted octanol–water partition coefficient (Wildman–Crippen LogP) is 4.38. The zero-order chi connectivity index (χ0) is 15.9. The monoisotopic (exact) mass is 299 g/mol. The van der Waals surface area contributed by atoms with Crippen molar-refractivity contribution < 1.29 is 14.3 Å². The van der Waals surface area contributed by atoms with E-state index >= 15 is 0 Å². The molecule has 0 aliphatic heterocycles. The fraction of sp³-hybridized carbons (Fsp3) is 0.278. The van der Waals surface area contributed by atoms with Crippen LogP contribution >= 0.6 is 0 Å². The molecule has 1 unspecified atom stereocenters. The standard InChI is InChI=1S/C18H18FNO2/c1-18(2)10-13-8-12(11-4-3-5-14(19)9-11)6-7-15(13)16(18)20-17(21)22/h3-9,16,20H,10H2,1-2H3,(H,21,22). The first-order chi connectivity index (χ1) is 10.4. The molecule has 1 aliphatic carbocycles. The van der Waals surface area contributed by atoms with E-state index in [9.17, 15) is 9.18 Å². The summed E-state index contributed by atoms with van der Waals surface area (Å²) in [5.74, 6) is -0.260. The van der Waals surface area contributed by atoms with E-state index in [1.807, 2.05) is 24.3 Å². The van der Waals surface area contributed by atoms with Gasteiger partial charge in [0.05, 0.1) is 6.04 Å². The number of hydrogen-bond acceptors (Lipinski definition) is 1. The highest BCUT2D eigenvalue weighted by molar-refractivity contribution is 5.68. The maximum absolute atomic E-state index is 13.4. The second-order valence-electron chi connectivity index (χ2n) is 6.47. The zero-order valence-electron chi connectivity index (χ0n) is 12.6. The van der Waals surface area contributed by atoms with E-state index in [4.69, 9.17) is 5.11 Å². The van der Waals surface area contributed by atoms with Gasteiger partial charge in [0.25, 0.3) is 0 Å². The lowest BCUT2D eigenvalue weighted by Crippen LogP contribution is -2.34. The molecule has 2 aromatic carbocycles. The highest BCUT2D eigenvalue weighted by Crippen LogP contribution is 2.46. The van der Waals surface area contributed by atoms with Gasteiger partial charge in [0.2, 0.25) is 0 Å². The van der Waals surface area contributed by atoms with Gasteiger partial charge < -0.3 is 10.4 Å². The maximum atomic E-state index is 13.4. The number of carbonyl (C=O) groups is 1. The summed E-state index contributed by atoms with van der Waals surface area (Å²) in [7, 11) is 0. The summed E-state index contributed by atoms with van der Waals surface area (Å²) in [6.45, 7) is 4.10. The molecule has 0 saturated carbocycles. The van der Waals surface area contributed by atoms with Crippen LogP contribution in [0.5, 0.6) is 0 Å². The van der Waals surface area contributed by atoms with Crippen molar-refractivity contribution >= 4 is 6.09 Å². The minimum Gasteiger partial charge on any atom is -0.465 e. The van der Waals surface area contributed by atoms with Crippen LogP contribution in [0.15, 0.2) is 42.5 Å². The molecule has 114 valence electrons. The van der Waals surface area contributed by atoms with Gasteiger partial charge in [-0.05, 0) is 46.2 Å². The summed E-state index contributed by atoms with van der Waals surface area (Å²) in [5, 5.41) is 11.7. The molecule has 1 atom stereocenters. The van der Waals surface area contributed by atoms with Crippen molar-refractivity contribution in [2.24, 2.45) is 5.41 Å². The first kappa shape index (κ1) is 14.6. The van der Waals surface area contributed by atoms with Gasteiger partial charge in [-0.3, -0.25) is 0 Å². The number of amides is 1. The Labute approximate surface area is 128 Å². The Hall–Kier alpha value is -2.36. The lowest BCUT2D eigenvalue weighted by atomic mass is 9.85. The molecule has 0 heterocycles. The van der Waals surface area contributed by atoms with Gasteiger partial charge in [-0.15, -0.1) is 0 Å². The molecule has 0 radical (unpaired) electrons. The smallest absolute Gasteiger partial charge is 0.405 e. The molecule has 0 saturated heterocycles. The molecule has 0 aromatic heterocycles. The molecule has 2 aromatic rings. The minimum absolute atomic E-state index is 0.179. The molecule has 0 spiro atoms. The normalized spacial score (nSPS) is 18.8. The Kier molecular flexibility index (Phi) is 3.39. The number of carboxylic acid groups (broad SMARTS) is 1. The first-order valence-electron chi connectivity index (χ1n) is 7.25. The molecule has 1 aliphatic rings. The quantitative estimate of drug-likeness (QED) is 0.864. The summed E-state index contributed by atoms with van der Waals surface area (Å²) >= 11 is 0. The fourth-order valence-electron chi connectivity index (χ4n) is 3.30. The Morgan fingerprint density at radius 2 is 1.95 bits per heavy atom. The molecule has 22 heavy (non-hydrogen) atoms. The molecule has 0 bridgehead atoms. The molecule has 4 heteroatoms. The molecule has 2 N–H and O–H groups in total. The van der Waals surface area contributed by atoms with Gasteiger partial charge in [0.1, 0.15) is 5.82 Å². The second kappa shape index (κ2) is 5.13.